The Hall–Kier alpha value is -0.510. The fourth-order valence-electron chi connectivity index (χ4n) is 2.05. The summed E-state index contributed by atoms with van der Waals surface area (Å²) in [6, 6.07) is 7.17. The van der Waals surface area contributed by atoms with Crippen molar-refractivity contribution < 1.29 is 25.2 Å². The molecule has 0 N–H and O–H groups in total. The maximum atomic E-state index is 12.6. The molecule has 1 aliphatic heterocycles. The second kappa shape index (κ2) is 6.54. The highest BCUT2D eigenvalue weighted by Crippen LogP contribution is 2.59. The number of benzene rings is 1. The van der Waals surface area contributed by atoms with Gasteiger partial charge in [-0.1, -0.05) is 44.4 Å². The maximum Gasteiger partial charge on any atom is 0.523 e. The molecule has 1 aromatic carbocycles. The van der Waals surface area contributed by atoms with E-state index in [2.05, 4.69) is 19.6 Å². The van der Waals surface area contributed by atoms with Crippen LogP contribution in [0.4, 0.5) is 13.2 Å². The fourth-order valence-corrected chi connectivity index (χ4v) is 7.18. The maximum absolute atomic E-state index is 12.6. The Bertz CT molecular complexity index is 665. The molecular weight excluding hydrogens is 405 g/mol. The van der Waals surface area contributed by atoms with Gasteiger partial charge in [0, 0.05) is 16.0 Å². The topological polar surface area (TPSA) is 43.4 Å². The molecule has 3 nitrogen and oxygen atoms in total. The Labute approximate surface area is 137 Å². The minimum atomic E-state index is -5.58. The van der Waals surface area contributed by atoms with Crippen LogP contribution in [0, 0.1) is 0 Å². The van der Waals surface area contributed by atoms with E-state index in [1.807, 2.05) is 6.07 Å². The van der Waals surface area contributed by atoms with Crippen molar-refractivity contribution in [2.24, 2.45) is 0 Å². The average Bonchev–Trinajstić information content (AvgIpc) is 2.85. The van der Waals surface area contributed by atoms with Gasteiger partial charge in [-0.25, -0.2) is 3.63 Å². The van der Waals surface area contributed by atoms with E-state index < -0.39 is 25.9 Å². The predicted molar refractivity (Wildman–Crippen MR) is 85.8 cm³/mol. The number of halogens is 4. The second-order valence-corrected chi connectivity index (χ2v) is 10.4. The van der Waals surface area contributed by atoms with E-state index in [0.717, 1.165) is 10.0 Å². The highest BCUT2D eigenvalue weighted by atomic mass is 79.9. The van der Waals surface area contributed by atoms with Gasteiger partial charge in [-0.15, -0.1) is 0 Å². The normalized spacial score (nSPS) is 20.4. The molecule has 0 unspecified atom stereocenters. The van der Waals surface area contributed by atoms with E-state index in [4.69, 9.17) is 0 Å². The van der Waals surface area contributed by atoms with Crippen LogP contribution in [-0.2, 0) is 13.7 Å². The van der Waals surface area contributed by atoms with Gasteiger partial charge in [-0.3, -0.25) is 0 Å². The zero-order valence-corrected chi connectivity index (χ0v) is 14.6. The molecule has 1 saturated heterocycles. The lowest BCUT2D eigenvalue weighted by atomic mass is 10.2. The Balaban J connectivity index is 2.29. The van der Waals surface area contributed by atoms with Crippen LogP contribution in [0.5, 0.6) is 0 Å². The first-order valence-corrected chi connectivity index (χ1v) is 10.5. The molecule has 1 aromatic rings. The quantitative estimate of drug-likeness (QED) is 0.659. The van der Waals surface area contributed by atoms with E-state index in [1.165, 1.54) is 5.41 Å². The molecule has 0 saturated carbocycles. The van der Waals surface area contributed by atoms with Gasteiger partial charge >= 0.3 is 15.6 Å². The summed E-state index contributed by atoms with van der Waals surface area (Å²) in [7, 11) is -8.01. The highest BCUT2D eigenvalue weighted by Gasteiger charge is 2.51. The van der Waals surface area contributed by atoms with Gasteiger partial charge in [0.15, 0.2) is 0 Å². The number of hydrogen-bond acceptors (Lipinski definition) is 3. The summed E-state index contributed by atoms with van der Waals surface area (Å²) in [5.41, 5.74) is -4.63. The molecule has 0 aliphatic carbocycles. The van der Waals surface area contributed by atoms with Gasteiger partial charge < -0.3 is 0 Å². The van der Waals surface area contributed by atoms with E-state index >= 15 is 0 Å². The van der Waals surface area contributed by atoms with Crippen molar-refractivity contribution in [1.82, 2.24) is 0 Å². The van der Waals surface area contributed by atoms with Gasteiger partial charge in [0.2, 0.25) is 0 Å². The van der Waals surface area contributed by atoms with Crippen molar-refractivity contribution in [3.05, 3.63) is 39.7 Å². The van der Waals surface area contributed by atoms with E-state index in [9.17, 15) is 21.6 Å². The third-order valence-electron chi connectivity index (χ3n) is 3.14. The predicted octanol–water partition coefficient (Wildman–Crippen LogP) is 4.80. The summed E-state index contributed by atoms with van der Waals surface area (Å²) in [5, 5.41) is 1.50. The van der Waals surface area contributed by atoms with Crippen molar-refractivity contribution in [1.29, 1.82) is 0 Å². The molecule has 9 heteroatoms. The third kappa shape index (κ3) is 4.06. The van der Waals surface area contributed by atoms with Crippen LogP contribution in [-0.4, -0.2) is 25.4 Å². The van der Waals surface area contributed by atoms with Crippen LogP contribution in [0.1, 0.15) is 18.4 Å². The summed E-state index contributed by atoms with van der Waals surface area (Å²) in [6.45, 7) is 0. The Morgan fingerprint density at radius 1 is 1.18 bits per heavy atom. The molecule has 0 radical (unpaired) electrons. The molecule has 0 bridgehead atoms. The average molecular weight is 419 g/mol. The summed E-state index contributed by atoms with van der Waals surface area (Å²) in [4.78, 5) is 0. The standard InChI is InChI=1S/C13H14BrF3O3S2/c14-12-6-2-1-5-11(12)7-10-21(8-3-4-9-21)20-22(18,19)13(15,16)17/h1-2,5-7,10H,3-4,8-9H2. The summed E-state index contributed by atoms with van der Waals surface area (Å²) in [6.07, 6.45) is 2.93. The lowest BCUT2D eigenvalue weighted by Crippen LogP contribution is -2.27. The molecular formula is C13H14BrF3O3S2. The van der Waals surface area contributed by atoms with Gasteiger partial charge in [-0.05, 0) is 36.0 Å². The van der Waals surface area contributed by atoms with Crippen LogP contribution >= 0.6 is 26.2 Å². The first-order chi connectivity index (χ1) is 10.2. The van der Waals surface area contributed by atoms with Crippen LogP contribution < -0.4 is 0 Å². The van der Waals surface area contributed by atoms with Gasteiger partial charge in [0.25, 0.3) is 0 Å². The largest absolute Gasteiger partial charge is 0.523 e. The minimum absolute atomic E-state index is 0.323. The van der Waals surface area contributed by atoms with E-state index in [0.29, 0.717) is 24.3 Å². The smallest absolute Gasteiger partial charge is 0.209 e. The van der Waals surface area contributed by atoms with Crippen LogP contribution in [0.15, 0.2) is 34.1 Å². The molecule has 1 aliphatic rings. The molecule has 1 heterocycles. The Morgan fingerprint density at radius 2 is 1.77 bits per heavy atom. The fraction of sp³-hybridized carbons (Fsp3) is 0.385. The van der Waals surface area contributed by atoms with Crippen molar-refractivity contribution >= 4 is 42.4 Å². The number of hydrogen-bond donors (Lipinski definition) is 0. The van der Waals surface area contributed by atoms with Crippen molar-refractivity contribution in [2.75, 3.05) is 11.5 Å². The molecule has 1 fully saturated rings. The zero-order valence-electron chi connectivity index (χ0n) is 11.3. The minimum Gasteiger partial charge on any atom is -0.209 e. The zero-order chi connectivity index (χ0) is 16.4. The summed E-state index contributed by atoms with van der Waals surface area (Å²) >= 11 is 3.34. The monoisotopic (exact) mass is 418 g/mol. The van der Waals surface area contributed by atoms with E-state index in [-0.39, 0.29) is 0 Å². The second-order valence-electron chi connectivity index (χ2n) is 4.78. The first-order valence-electron chi connectivity index (χ1n) is 6.39. The molecule has 0 amide bonds. The van der Waals surface area contributed by atoms with Gasteiger partial charge in [-0.2, -0.15) is 21.6 Å². The first kappa shape index (κ1) is 17.8. The molecule has 22 heavy (non-hydrogen) atoms. The summed E-state index contributed by atoms with van der Waals surface area (Å²) < 4.78 is 65.7. The number of rotatable bonds is 4. The third-order valence-corrected chi connectivity index (χ3v) is 8.82. The van der Waals surface area contributed by atoms with Crippen molar-refractivity contribution in [3.63, 3.8) is 0 Å². The SMILES string of the molecule is O=S(=O)(OS1(C=Cc2ccccc2Br)CCCC1)C(F)(F)F. The van der Waals surface area contributed by atoms with Gasteiger partial charge in [0.1, 0.15) is 0 Å². The van der Waals surface area contributed by atoms with Crippen molar-refractivity contribution in [2.45, 2.75) is 18.3 Å². The van der Waals surface area contributed by atoms with Crippen LogP contribution in [0.25, 0.3) is 6.08 Å². The molecule has 0 aromatic heterocycles. The van der Waals surface area contributed by atoms with Crippen molar-refractivity contribution in [3.8, 4) is 0 Å². The lowest BCUT2D eigenvalue weighted by Gasteiger charge is -2.30. The number of alkyl halides is 3. The molecule has 0 atom stereocenters. The molecule has 2 rings (SSSR count). The van der Waals surface area contributed by atoms with Gasteiger partial charge in [0.05, 0.1) is 0 Å². The molecule has 0 spiro atoms. The summed E-state index contributed by atoms with van der Waals surface area (Å²) in [5.74, 6) is 0.645. The van der Waals surface area contributed by atoms with Crippen LogP contribution in [0.2, 0.25) is 0 Å². The van der Waals surface area contributed by atoms with E-state index in [1.54, 1.807) is 24.3 Å². The highest BCUT2D eigenvalue weighted by molar-refractivity contribution is 9.10. The van der Waals surface area contributed by atoms with Crippen LogP contribution in [0.3, 0.4) is 0 Å². The Kier molecular flexibility index (Phi) is 5.31. The Morgan fingerprint density at radius 3 is 2.32 bits per heavy atom. The molecule has 124 valence electrons. The lowest BCUT2D eigenvalue weighted by molar-refractivity contribution is -0.0495.